The van der Waals surface area contributed by atoms with Gasteiger partial charge in [-0.05, 0) is 56.0 Å². The van der Waals surface area contributed by atoms with Gasteiger partial charge < -0.3 is 9.72 Å². The third kappa shape index (κ3) is 2.55. The van der Waals surface area contributed by atoms with Crippen LogP contribution in [0.4, 0.5) is 0 Å². The van der Waals surface area contributed by atoms with Crippen LogP contribution >= 0.6 is 0 Å². The largest absolute Gasteiger partial charge is 0.461 e. The number of carbonyl (C=O) groups excluding carboxylic acids is 1. The van der Waals surface area contributed by atoms with Crippen molar-refractivity contribution in [3.05, 3.63) is 46.8 Å². The van der Waals surface area contributed by atoms with Crippen LogP contribution in [-0.2, 0) is 4.74 Å². The van der Waals surface area contributed by atoms with Crippen molar-refractivity contribution in [1.29, 1.82) is 0 Å². The number of hydrogen-bond donors (Lipinski definition) is 1. The van der Waals surface area contributed by atoms with Crippen molar-refractivity contribution in [3.8, 4) is 11.1 Å². The van der Waals surface area contributed by atoms with Crippen molar-refractivity contribution < 1.29 is 9.53 Å². The van der Waals surface area contributed by atoms with Gasteiger partial charge in [0.05, 0.1) is 6.61 Å². The van der Waals surface area contributed by atoms with Crippen molar-refractivity contribution in [2.24, 2.45) is 0 Å². The number of esters is 1. The number of benzene rings is 1. The van der Waals surface area contributed by atoms with Crippen molar-refractivity contribution in [3.63, 3.8) is 0 Å². The van der Waals surface area contributed by atoms with Crippen LogP contribution < -0.4 is 0 Å². The second-order valence-corrected chi connectivity index (χ2v) is 4.74. The first kappa shape index (κ1) is 13.4. The molecule has 0 unspecified atom stereocenters. The quantitative estimate of drug-likeness (QED) is 0.850. The molecule has 0 saturated carbocycles. The fourth-order valence-corrected chi connectivity index (χ4v) is 2.22. The number of carbonyl (C=O) groups is 1. The molecule has 100 valence electrons. The summed E-state index contributed by atoms with van der Waals surface area (Å²) < 4.78 is 5.07. The molecule has 0 aliphatic heterocycles. The van der Waals surface area contributed by atoms with E-state index in [0.29, 0.717) is 12.3 Å². The summed E-state index contributed by atoms with van der Waals surface area (Å²) in [6.45, 7) is 8.42. The van der Waals surface area contributed by atoms with Gasteiger partial charge in [0.15, 0.2) is 0 Å². The van der Waals surface area contributed by atoms with E-state index in [9.17, 15) is 4.79 Å². The van der Waals surface area contributed by atoms with Crippen LogP contribution in [0.5, 0.6) is 0 Å². The lowest BCUT2D eigenvalue weighted by atomic mass is 9.95. The van der Waals surface area contributed by atoms with Gasteiger partial charge in [-0.15, -0.1) is 0 Å². The van der Waals surface area contributed by atoms with Crippen LogP contribution in [-0.4, -0.2) is 17.6 Å². The summed E-state index contributed by atoms with van der Waals surface area (Å²) in [6, 6.07) is 6.19. The van der Waals surface area contributed by atoms with Crippen molar-refractivity contribution in [2.75, 3.05) is 6.61 Å². The Kier molecular flexibility index (Phi) is 3.74. The van der Waals surface area contributed by atoms with E-state index >= 15 is 0 Å². The summed E-state index contributed by atoms with van der Waals surface area (Å²) in [4.78, 5) is 14.9. The highest BCUT2D eigenvalue weighted by molar-refractivity contribution is 5.96. The van der Waals surface area contributed by atoms with Gasteiger partial charge in [0.1, 0.15) is 5.69 Å². The molecule has 0 atom stereocenters. The monoisotopic (exact) mass is 257 g/mol. The van der Waals surface area contributed by atoms with Gasteiger partial charge >= 0.3 is 5.97 Å². The van der Waals surface area contributed by atoms with E-state index in [1.807, 2.05) is 13.0 Å². The Morgan fingerprint density at radius 2 is 1.79 bits per heavy atom. The molecule has 1 aromatic carbocycles. The van der Waals surface area contributed by atoms with Gasteiger partial charge in [0, 0.05) is 11.8 Å². The number of aromatic nitrogens is 1. The van der Waals surface area contributed by atoms with Gasteiger partial charge in [-0.3, -0.25) is 0 Å². The zero-order valence-corrected chi connectivity index (χ0v) is 11.8. The van der Waals surface area contributed by atoms with Gasteiger partial charge in [0.25, 0.3) is 0 Å². The average molecular weight is 257 g/mol. The lowest BCUT2D eigenvalue weighted by molar-refractivity contribution is 0.0521. The van der Waals surface area contributed by atoms with E-state index in [4.69, 9.17) is 4.74 Å². The molecule has 3 nitrogen and oxygen atoms in total. The first-order valence-electron chi connectivity index (χ1n) is 6.47. The van der Waals surface area contributed by atoms with Crippen molar-refractivity contribution >= 4 is 5.97 Å². The van der Waals surface area contributed by atoms with Crippen LogP contribution in [0.1, 0.15) is 34.1 Å². The molecule has 2 aromatic rings. The first-order valence-corrected chi connectivity index (χ1v) is 6.47. The third-order valence-corrected chi connectivity index (χ3v) is 3.36. The molecule has 0 bridgehead atoms. The molecule has 0 radical (unpaired) electrons. The molecular weight excluding hydrogens is 238 g/mol. The minimum absolute atomic E-state index is 0.305. The number of nitrogens with one attached hydrogen (secondary N) is 1. The molecule has 0 saturated heterocycles. The molecular formula is C16H19NO2. The summed E-state index contributed by atoms with van der Waals surface area (Å²) in [7, 11) is 0. The van der Waals surface area contributed by atoms with Crippen LogP contribution in [0.3, 0.4) is 0 Å². The smallest absolute Gasteiger partial charge is 0.355 e. The number of hydrogen-bond acceptors (Lipinski definition) is 2. The van der Waals surface area contributed by atoms with Crippen molar-refractivity contribution in [2.45, 2.75) is 27.7 Å². The topological polar surface area (TPSA) is 42.1 Å². The molecule has 19 heavy (non-hydrogen) atoms. The Balaban J connectivity index is 2.51. The van der Waals surface area contributed by atoms with E-state index in [0.717, 1.165) is 16.7 Å². The Labute approximate surface area is 113 Å². The molecule has 2 rings (SSSR count). The zero-order valence-electron chi connectivity index (χ0n) is 11.8. The molecule has 1 aromatic heterocycles. The van der Waals surface area contributed by atoms with E-state index in [1.165, 1.54) is 11.1 Å². The van der Waals surface area contributed by atoms with Gasteiger partial charge in [-0.1, -0.05) is 12.1 Å². The van der Waals surface area contributed by atoms with Crippen LogP contribution in [0.2, 0.25) is 0 Å². The highest BCUT2D eigenvalue weighted by atomic mass is 16.5. The highest BCUT2D eigenvalue weighted by Gasteiger charge is 2.16. The number of rotatable bonds is 3. The number of aryl methyl sites for hydroxylation is 3. The van der Waals surface area contributed by atoms with Crippen LogP contribution in [0, 0.1) is 20.8 Å². The molecule has 3 heteroatoms. The molecule has 1 heterocycles. The lowest BCUT2D eigenvalue weighted by Crippen LogP contribution is -2.06. The minimum atomic E-state index is -0.305. The summed E-state index contributed by atoms with van der Waals surface area (Å²) in [6.07, 6.45) is 1.77. The number of ether oxygens (including phenoxy) is 1. The lowest BCUT2D eigenvalue weighted by Gasteiger charge is -2.10. The van der Waals surface area contributed by atoms with E-state index in [-0.39, 0.29) is 5.97 Å². The van der Waals surface area contributed by atoms with E-state index in [2.05, 4.69) is 37.9 Å². The minimum Gasteiger partial charge on any atom is -0.461 e. The Morgan fingerprint density at radius 1 is 1.11 bits per heavy atom. The summed E-state index contributed by atoms with van der Waals surface area (Å²) in [5.41, 5.74) is 6.14. The van der Waals surface area contributed by atoms with Crippen LogP contribution in [0.15, 0.2) is 24.4 Å². The van der Waals surface area contributed by atoms with E-state index in [1.54, 1.807) is 6.20 Å². The predicted molar refractivity (Wildman–Crippen MR) is 76.4 cm³/mol. The number of aromatic amines is 1. The maximum Gasteiger partial charge on any atom is 0.355 e. The second-order valence-electron chi connectivity index (χ2n) is 4.74. The Bertz CT molecular complexity index is 611. The van der Waals surface area contributed by atoms with E-state index < -0.39 is 0 Å². The van der Waals surface area contributed by atoms with Gasteiger partial charge in [-0.25, -0.2) is 4.79 Å². The first-order chi connectivity index (χ1) is 9.04. The highest BCUT2D eigenvalue weighted by Crippen LogP contribution is 2.29. The predicted octanol–water partition coefficient (Wildman–Crippen LogP) is 3.78. The second kappa shape index (κ2) is 5.31. The molecule has 1 N–H and O–H groups in total. The maximum absolute atomic E-state index is 11.9. The number of H-pyrrole nitrogens is 1. The standard InChI is InChI=1S/C16H19NO2/c1-5-19-16(18)15-13(6-7-17-15)14-9-11(3)10(2)8-12(14)4/h6-9,17H,5H2,1-4H3. The maximum atomic E-state index is 11.9. The average Bonchev–Trinajstić information content (AvgIpc) is 2.83. The molecule has 0 amide bonds. The fraction of sp³-hybridized carbons (Fsp3) is 0.312. The SMILES string of the molecule is CCOC(=O)c1[nH]ccc1-c1cc(C)c(C)cc1C. The Hall–Kier alpha value is -2.03. The summed E-state index contributed by atoms with van der Waals surface area (Å²) in [5, 5.41) is 0. The zero-order chi connectivity index (χ0) is 14.0. The summed E-state index contributed by atoms with van der Waals surface area (Å²) >= 11 is 0. The third-order valence-electron chi connectivity index (χ3n) is 3.36. The molecule has 0 aliphatic rings. The Morgan fingerprint density at radius 3 is 2.47 bits per heavy atom. The van der Waals surface area contributed by atoms with Gasteiger partial charge in [0.2, 0.25) is 0 Å². The van der Waals surface area contributed by atoms with Gasteiger partial charge in [-0.2, -0.15) is 0 Å². The van der Waals surface area contributed by atoms with Crippen LogP contribution in [0.25, 0.3) is 11.1 Å². The fourth-order valence-electron chi connectivity index (χ4n) is 2.22. The normalized spacial score (nSPS) is 10.5. The molecule has 0 fully saturated rings. The molecule has 0 aliphatic carbocycles. The summed E-state index contributed by atoms with van der Waals surface area (Å²) in [5.74, 6) is -0.305. The van der Waals surface area contributed by atoms with Crippen molar-refractivity contribution in [1.82, 2.24) is 4.98 Å². The molecule has 0 spiro atoms.